The normalized spacial score (nSPS) is 20.2. The molecule has 0 heterocycles. The molecular weight excluding hydrogens is 320 g/mol. The van der Waals surface area contributed by atoms with Crippen molar-refractivity contribution < 1.29 is 9.53 Å². The van der Waals surface area contributed by atoms with Gasteiger partial charge in [0.15, 0.2) is 0 Å². The SMILES string of the molecule is C/C=C/Cc1ccc(C(=O)Oc2ccc(C3CCC(C)CC3)cc2)cc1. The molecular formula is C24H28O2. The first kappa shape index (κ1) is 18.4. The van der Waals surface area contributed by atoms with Gasteiger partial charge < -0.3 is 4.74 Å². The van der Waals surface area contributed by atoms with Crippen molar-refractivity contribution in [2.45, 2.75) is 51.9 Å². The maximum atomic E-state index is 12.3. The number of rotatable bonds is 5. The molecule has 2 aromatic carbocycles. The average Bonchev–Trinajstić information content (AvgIpc) is 2.68. The molecule has 3 rings (SSSR count). The van der Waals surface area contributed by atoms with Crippen molar-refractivity contribution in [2.75, 3.05) is 0 Å². The maximum Gasteiger partial charge on any atom is 0.343 e. The fourth-order valence-electron chi connectivity index (χ4n) is 3.60. The van der Waals surface area contributed by atoms with Gasteiger partial charge in [0.25, 0.3) is 0 Å². The average molecular weight is 348 g/mol. The summed E-state index contributed by atoms with van der Waals surface area (Å²) in [6.07, 6.45) is 10.2. The number of carbonyl (C=O) groups is 1. The van der Waals surface area contributed by atoms with Crippen LogP contribution >= 0.6 is 0 Å². The molecule has 1 fully saturated rings. The van der Waals surface area contributed by atoms with Crippen molar-refractivity contribution in [1.82, 2.24) is 0 Å². The van der Waals surface area contributed by atoms with Gasteiger partial charge in [0, 0.05) is 0 Å². The number of benzene rings is 2. The van der Waals surface area contributed by atoms with E-state index in [1.807, 2.05) is 49.4 Å². The topological polar surface area (TPSA) is 26.3 Å². The van der Waals surface area contributed by atoms with Gasteiger partial charge in [-0.25, -0.2) is 4.79 Å². The summed E-state index contributed by atoms with van der Waals surface area (Å²) in [7, 11) is 0. The first-order valence-electron chi connectivity index (χ1n) is 9.68. The number of hydrogen-bond donors (Lipinski definition) is 0. The molecule has 1 saturated carbocycles. The number of allylic oxidation sites excluding steroid dienone is 2. The summed E-state index contributed by atoms with van der Waals surface area (Å²) in [4.78, 5) is 12.3. The first-order chi connectivity index (χ1) is 12.7. The molecule has 0 aromatic heterocycles. The lowest BCUT2D eigenvalue weighted by atomic mass is 9.79. The Morgan fingerprint density at radius 2 is 1.65 bits per heavy atom. The van der Waals surface area contributed by atoms with Gasteiger partial charge in [-0.1, -0.05) is 56.2 Å². The Labute approximate surface area is 156 Å². The Kier molecular flexibility index (Phi) is 6.27. The van der Waals surface area contributed by atoms with Crippen LogP contribution in [0.1, 0.15) is 66.9 Å². The molecule has 0 atom stereocenters. The number of carbonyl (C=O) groups excluding carboxylic acids is 1. The first-order valence-corrected chi connectivity index (χ1v) is 9.68. The van der Waals surface area contributed by atoms with Gasteiger partial charge in [0.2, 0.25) is 0 Å². The second-order valence-electron chi connectivity index (χ2n) is 7.39. The Morgan fingerprint density at radius 1 is 1.00 bits per heavy atom. The standard InChI is InChI=1S/C24H28O2/c1-3-4-5-19-8-12-22(13-9-19)24(25)26-23-16-14-21(15-17-23)20-10-6-18(2)7-11-20/h3-4,8-9,12-18,20H,5-7,10-11H2,1-2H3/b4-3+. The third-order valence-electron chi connectivity index (χ3n) is 5.36. The molecule has 1 aliphatic rings. The second kappa shape index (κ2) is 8.84. The zero-order valence-corrected chi connectivity index (χ0v) is 15.8. The summed E-state index contributed by atoms with van der Waals surface area (Å²) in [6, 6.07) is 15.7. The Hall–Kier alpha value is -2.35. The van der Waals surface area contributed by atoms with Crippen LogP contribution in [0.15, 0.2) is 60.7 Å². The highest BCUT2D eigenvalue weighted by Crippen LogP contribution is 2.35. The number of hydrogen-bond acceptors (Lipinski definition) is 2. The summed E-state index contributed by atoms with van der Waals surface area (Å²) >= 11 is 0. The van der Waals surface area contributed by atoms with Crippen molar-refractivity contribution in [3.05, 3.63) is 77.4 Å². The molecule has 2 heteroatoms. The van der Waals surface area contributed by atoms with Crippen LogP contribution in [0.5, 0.6) is 5.75 Å². The fourth-order valence-corrected chi connectivity index (χ4v) is 3.60. The van der Waals surface area contributed by atoms with E-state index in [4.69, 9.17) is 4.74 Å². The summed E-state index contributed by atoms with van der Waals surface area (Å²) in [6.45, 7) is 4.34. The van der Waals surface area contributed by atoms with Crippen molar-refractivity contribution in [2.24, 2.45) is 5.92 Å². The zero-order chi connectivity index (χ0) is 18.4. The monoisotopic (exact) mass is 348 g/mol. The predicted octanol–water partition coefficient (Wildman–Crippen LogP) is 6.32. The summed E-state index contributed by atoms with van der Waals surface area (Å²) in [5.41, 5.74) is 3.13. The van der Waals surface area contributed by atoms with Gasteiger partial charge in [0.05, 0.1) is 5.56 Å². The van der Waals surface area contributed by atoms with Crippen LogP contribution in [-0.4, -0.2) is 5.97 Å². The van der Waals surface area contributed by atoms with Gasteiger partial charge in [-0.05, 0) is 73.4 Å². The van der Waals surface area contributed by atoms with Crippen LogP contribution in [0.4, 0.5) is 0 Å². The molecule has 0 radical (unpaired) electrons. The highest BCUT2D eigenvalue weighted by atomic mass is 16.5. The van der Waals surface area contributed by atoms with Crippen molar-refractivity contribution in [3.8, 4) is 5.75 Å². The smallest absolute Gasteiger partial charge is 0.343 e. The molecule has 0 aliphatic heterocycles. The van der Waals surface area contributed by atoms with Gasteiger partial charge in [-0.2, -0.15) is 0 Å². The molecule has 2 nitrogen and oxygen atoms in total. The molecule has 0 N–H and O–H groups in total. The Morgan fingerprint density at radius 3 is 2.27 bits per heavy atom. The lowest BCUT2D eigenvalue weighted by Gasteiger charge is -2.26. The number of ether oxygens (including phenoxy) is 1. The molecule has 26 heavy (non-hydrogen) atoms. The van der Waals surface area contributed by atoms with Gasteiger partial charge >= 0.3 is 5.97 Å². The summed E-state index contributed by atoms with van der Waals surface area (Å²) in [5.74, 6) is 1.82. The minimum atomic E-state index is -0.304. The van der Waals surface area contributed by atoms with E-state index < -0.39 is 0 Å². The van der Waals surface area contributed by atoms with Crippen LogP contribution < -0.4 is 4.74 Å². The minimum absolute atomic E-state index is 0.304. The van der Waals surface area contributed by atoms with E-state index in [-0.39, 0.29) is 5.97 Å². The highest BCUT2D eigenvalue weighted by Gasteiger charge is 2.19. The van der Waals surface area contributed by atoms with E-state index >= 15 is 0 Å². The fraction of sp³-hybridized carbons (Fsp3) is 0.375. The van der Waals surface area contributed by atoms with Crippen LogP contribution in [-0.2, 0) is 6.42 Å². The van der Waals surface area contributed by atoms with E-state index in [1.54, 1.807) is 0 Å². The van der Waals surface area contributed by atoms with Crippen LogP contribution in [0.25, 0.3) is 0 Å². The van der Waals surface area contributed by atoms with Crippen LogP contribution in [0, 0.1) is 5.92 Å². The Bertz CT molecular complexity index is 733. The lowest BCUT2D eigenvalue weighted by Crippen LogP contribution is -2.11. The predicted molar refractivity (Wildman–Crippen MR) is 107 cm³/mol. The van der Waals surface area contributed by atoms with Crippen molar-refractivity contribution in [1.29, 1.82) is 0 Å². The summed E-state index contributed by atoms with van der Waals surface area (Å²) < 4.78 is 5.53. The highest BCUT2D eigenvalue weighted by molar-refractivity contribution is 5.91. The van der Waals surface area contributed by atoms with Crippen molar-refractivity contribution >= 4 is 5.97 Å². The lowest BCUT2D eigenvalue weighted by molar-refractivity contribution is 0.0734. The maximum absolute atomic E-state index is 12.3. The number of esters is 1. The molecule has 136 valence electrons. The third kappa shape index (κ3) is 4.85. The van der Waals surface area contributed by atoms with Gasteiger partial charge in [0.1, 0.15) is 5.75 Å². The van der Waals surface area contributed by atoms with E-state index in [0.29, 0.717) is 17.2 Å². The van der Waals surface area contributed by atoms with E-state index in [0.717, 1.165) is 12.3 Å². The molecule has 0 unspecified atom stereocenters. The van der Waals surface area contributed by atoms with Crippen LogP contribution in [0.2, 0.25) is 0 Å². The zero-order valence-electron chi connectivity index (χ0n) is 15.8. The molecule has 1 aliphatic carbocycles. The molecule has 0 bridgehead atoms. The second-order valence-corrected chi connectivity index (χ2v) is 7.39. The van der Waals surface area contributed by atoms with E-state index in [9.17, 15) is 4.79 Å². The summed E-state index contributed by atoms with van der Waals surface area (Å²) in [5, 5.41) is 0. The van der Waals surface area contributed by atoms with E-state index in [1.165, 1.54) is 36.8 Å². The molecule has 0 spiro atoms. The molecule has 0 saturated heterocycles. The third-order valence-corrected chi connectivity index (χ3v) is 5.36. The van der Waals surface area contributed by atoms with Gasteiger partial charge in [-0.3, -0.25) is 0 Å². The minimum Gasteiger partial charge on any atom is -0.423 e. The van der Waals surface area contributed by atoms with E-state index in [2.05, 4.69) is 25.1 Å². The Balaban J connectivity index is 1.59. The van der Waals surface area contributed by atoms with Gasteiger partial charge in [-0.15, -0.1) is 0 Å². The van der Waals surface area contributed by atoms with Crippen molar-refractivity contribution in [3.63, 3.8) is 0 Å². The quantitative estimate of drug-likeness (QED) is 0.359. The molecule has 0 amide bonds. The largest absolute Gasteiger partial charge is 0.423 e. The van der Waals surface area contributed by atoms with Crippen LogP contribution in [0.3, 0.4) is 0 Å². The molecule has 2 aromatic rings.